The van der Waals surface area contributed by atoms with Gasteiger partial charge in [-0.3, -0.25) is 4.40 Å². The Hall–Kier alpha value is -1.21. The van der Waals surface area contributed by atoms with Crippen molar-refractivity contribution >= 4 is 57.5 Å². The number of thioether (sulfide) groups is 1. The highest BCUT2D eigenvalue weighted by molar-refractivity contribution is 7.99. The van der Waals surface area contributed by atoms with Gasteiger partial charge in [0.05, 0.1) is 6.21 Å². The molecule has 0 radical (unpaired) electrons. The van der Waals surface area contributed by atoms with Crippen molar-refractivity contribution in [3.05, 3.63) is 51.1 Å². The van der Waals surface area contributed by atoms with Crippen LogP contribution in [-0.2, 0) is 11.4 Å². The van der Waals surface area contributed by atoms with E-state index >= 15 is 0 Å². The Bertz CT molecular complexity index is 853. The molecule has 24 heavy (non-hydrogen) atoms. The van der Waals surface area contributed by atoms with Crippen molar-refractivity contribution in [2.75, 3.05) is 0 Å². The van der Waals surface area contributed by atoms with Gasteiger partial charge in [-0.05, 0) is 12.1 Å². The van der Waals surface area contributed by atoms with E-state index in [0.29, 0.717) is 15.3 Å². The molecule has 8 heteroatoms. The van der Waals surface area contributed by atoms with Crippen LogP contribution in [0.5, 0.6) is 0 Å². The molecule has 0 atom stereocenters. The lowest BCUT2D eigenvalue weighted by Gasteiger charge is -2.05. The van der Waals surface area contributed by atoms with Gasteiger partial charge in [-0.2, -0.15) is 0 Å². The predicted molar refractivity (Wildman–Crippen MR) is 103 cm³/mol. The quantitative estimate of drug-likeness (QED) is 0.300. The van der Waals surface area contributed by atoms with Crippen molar-refractivity contribution in [3.8, 4) is 0 Å². The van der Waals surface area contributed by atoms with Crippen molar-refractivity contribution in [3.63, 3.8) is 0 Å². The van der Waals surface area contributed by atoms with E-state index in [9.17, 15) is 0 Å². The lowest BCUT2D eigenvalue weighted by atomic mass is 10.2. The molecule has 0 spiro atoms. The average molecular weight is 400 g/mol. The van der Waals surface area contributed by atoms with Crippen LogP contribution in [0, 0.1) is 0 Å². The summed E-state index contributed by atoms with van der Waals surface area (Å²) in [5.74, 6) is 0. The molecule has 4 nitrogen and oxygen atoms in total. The fraction of sp³-hybridized carbons (Fsp3) is 0.250. The van der Waals surface area contributed by atoms with Crippen molar-refractivity contribution < 1.29 is 4.84 Å². The number of benzene rings is 1. The minimum absolute atomic E-state index is 0.216. The zero-order chi connectivity index (χ0) is 17.1. The topological polar surface area (TPSA) is 38.9 Å². The summed E-state index contributed by atoms with van der Waals surface area (Å²) in [6, 6.07) is 5.35. The minimum Gasteiger partial charge on any atom is -0.391 e. The van der Waals surface area contributed by atoms with Crippen LogP contribution < -0.4 is 0 Å². The first-order valence-corrected chi connectivity index (χ1v) is 9.78. The van der Waals surface area contributed by atoms with Crippen LogP contribution in [0.2, 0.25) is 10.0 Å². The van der Waals surface area contributed by atoms with Crippen LogP contribution in [-0.4, -0.2) is 20.8 Å². The molecule has 1 aromatic carbocycles. The summed E-state index contributed by atoms with van der Waals surface area (Å²) in [7, 11) is 0. The highest BCUT2D eigenvalue weighted by Gasteiger charge is 2.13. The second kappa shape index (κ2) is 7.78. The van der Waals surface area contributed by atoms with Crippen molar-refractivity contribution in [2.24, 2.45) is 5.16 Å². The summed E-state index contributed by atoms with van der Waals surface area (Å²) >= 11 is 15.5. The van der Waals surface area contributed by atoms with Gasteiger partial charge in [-0.25, -0.2) is 4.98 Å². The van der Waals surface area contributed by atoms with E-state index in [2.05, 4.69) is 24.0 Å². The number of fused-ring (bicyclic) bond motifs is 1. The Balaban J connectivity index is 1.76. The SMILES string of the molecule is CC(C)Sc1nc2sccn2c1/C=N\OCc1c(Cl)cccc1Cl. The van der Waals surface area contributed by atoms with E-state index in [4.69, 9.17) is 28.0 Å². The van der Waals surface area contributed by atoms with E-state index in [0.717, 1.165) is 21.2 Å². The number of imidazole rings is 1. The summed E-state index contributed by atoms with van der Waals surface area (Å²) in [6.07, 6.45) is 3.66. The molecule has 126 valence electrons. The maximum atomic E-state index is 6.12. The standard InChI is InChI=1S/C16H15Cl2N3OS2/c1-10(2)24-15-14(21-6-7-23-16(21)20-15)8-19-22-9-11-12(17)4-3-5-13(11)18/h3-8,10H,9H2,1-2H3/b19-8-. The molecule has 0 amide bonds. The van der Waals surface area contributed by atoms with Gasteiger partial charge < -0.3 is 4.84 Å². The molecule has 0 saturated heterocycles. The number of rotatable bonds is 6. The second-order valence-electron chi connectivity index (χ2n) is 5.23. The molecule has 0 bridgehead atoms. The van der Waals surface area contributed by atoms with Crippen molar-refractivity contribution in [2.45, 2.75) is 30.7 Å². The lowest BCUT2D eigenvalue weighted by Crippen LogP contribution is -1.95. The molecule has 0 N–H and O–H groups in total. The van der Waals surface area contributed by atoms with Gasteiger partial charge in [0.1, 0.15) is 17.3 Å². The summed E-state index contributed by atoms with van der Waals surface area (Å²) in [6.45, 7) is 4.48. The smallest absolute Gasteiger partial charge is 0.195 e. The zero-order valence-electron chi connectivity index (χ0n) is 13.1. The lowest BCUT2D eigenvalue weighted by molar-refractivity contribution is 0.132. The molecule has 3 rings (SSSR count). The van der Waals surface area contributed by atoms with Gasteiger partial charge in [0.25, 0.3) is 0 Å². The van der Waals surface area contributed by atoms with Gasteiger partial charge in [-0.1, -0.05) is 48.3 Å². The van der Waals surface area contributed by atoms with Crippen LogP contribution in [0.15, 0.2) is 40.0 Å². The first-order chi connectivity index (χ1) is 11.6. The maximum absolute atomic E-state index is 6.12. The van der Waals surface area contributed by atoms with E-state index in [1.54, 1.807) is 47.5 Å². The third-order valence-electron chi connectivity index (χ3n) is 3.13. The van der Waals surface area contributed by atoms with Gasteiger partial charge in [-0.15, -0.1) is 23.1 Å². The molecule has 0 aliphatic carbocycles. The Morgan fingerprint density at radius 1 is 1.38 bits per heavy atom. The van der Waals surface area contributed by atoms with Crippen molar-refractivity contribution in [1.29, 1.82) is 0 Å². The molecule has 2 aromatic heterocycles. The second-order valence-corrected chi connectivity index (χ2v) is 8.49. The molecular formula is C16H15Cl2N3OS2. The highest BCUT2D eigenvalue weighted by atomic mass is 35.5. The predicted octanol–water partition coefficient (Wildman–Crippen LogP) is 5.75. The molecule has 0 unspecified atom stereocenters. The summed E-state index contributed by atoms with van der Waals surface area (Å²) in [5.41, 5.74) is 1.64. The number of hydrogen-bond acceptors (Lipinski definition) is 5. The van der Waals surface area contributed by atoms with Gasteiger partial charge in [0.2, 0.25) is 0 Å². The largest absolute Gasteiger partial charge is 0.391 e. The first-order valence-electron chi connectivity index (χ1n) is 7.26. The van der Waals surface area contributed by atoms with Crippen LogP contribution in [0.25, 0.3) is 4.96 Å². The summed E-state index contributed by atoms with van der Waals surface area (Å²) in [4.78, 5) is 11.0. The van der Waals surface area contributed by atoms with Crippen LogP contribution in [0.4, 0.5) is 0 Å². The van der Waals surface area contributed by atoms with Crippen LogP contribution in [0.1, 0.15) is 25.1 Å². The van der Waals surface area contributed by atoms with Gasteiger partial charge >= 0.3 is 0 Å². The molecule has 3 aromatic rings. The molecule has 0 saturated carbocycles. The van der Waals surface area contributed by atoms with E-state index < -0.39 is 0 Å². The van der Waals surface area contributed by atoms with Crippen LogP contribution >= 0.6 is 46.3 Å². The van der Waals surface area contributed by atoms with Gasteiger partial charge in [0.15, 0.2) is 4.96 Å². The molecule has 0 fully saturated rings. The Labute approximate surface area is 158 Å². The molecule has 0 aliphatic heterocycles. The molecule has 2 heterocycles. The monoisotopic (exact) mass is 399 g/mol. The Morgan fingerprint density at radius 3 is 2.83 bits per heavy atom. The number of oxime groups is 1. The molecule has 0 aliphatic rings. The third-order valence-corrected chi connectivity index (χ3v) is 5.59. The maximum Gasteiger partial charge on any atom is 0.195 e. The number of nitrogens with zero attached hydrogens (tertiary/aromatic N) is 3. The van der Waals surface area contributed by atoms with E-state index in [-0.39, 0.29) is 6.61 Å². The average Bonchev–Trinajstić information content (AvgIpc) is 3.07. The molecular weight excluding hydrogens is 385 g/mol. The number of thiazole rings is 1. The first kappa shape index (κ1) is 17.6. The number of halogens is 2. The Morgan fingerprint density at radius 2 is 2.12 bits per heavy atom. The van der Waals surface area contributed by atoms with E-state index in [1.165, 1.54) is 0 Å². The normalized spacial score (nSPS) is 11.9. The fourth-order valence-corrected chi connectivity index (χ4v) is 4.21. The third kappa shape index (κ3) is 3.88. The fourth-order valence-electron chi connectivity index (χ4n) is 2.07. The van der Waals surface area contributed by atoms with Crippen molar-refractivity contribution in [1.82, 2.24) is 9.38 Å². The summed E-state index contributed by atoms with van der Waals surface area (Å²) in [5, 5.41) is 8.59. The van der Waals surface area contributed by atoms with E-state index in [1.807, 2.05) is 16.0 Å². The summed E-state index contributed by atoms with van der Waals surface area (Å²) < 4.78 is 2.00. The number of hydrogen-bond donors (Lipinski definition) is 0. The zero-order valence-corrected chi connectivity index (χ0v) is 16.2. The highest BCUT2D eigenvalue weighted by Crippen LogP contribution is 2.28. The number of aromatic nitrogens is 2. The van der Waals surface area contributed by atoms with Crippen LogP contribution in [0.3, 0.4) is 0 Å². The van der Waals surface area contributed by atoms with Gasteiger partial charge in [0, 0.05) is 32.4 Å². The Kier molecular flexibility index (Phi) is 5.71. The minimum atomic E-state index is 0.216.